The second kappa shape index (κ2) is 6.46. The molecule has 8 heteroatoms. The molecule has 2 rings (SSSR count). The van der Waals surface area contributed by atoms with E-state index in [9.17, 15) is 18.0 Å². The Kier molecular flexibility index (Phi) is 4.87. The standard InChI is InChI=1S/C13H19F3N4O/c1-18-10-11(9-17-18)12(21)20-5-2-4-19(7-8-20)6-3-13(14,15)16/h9-10H,2-8H2,1H3. The van der Waals surface area contributed by atoms with Crippen molar-refractivity contribution in [2.45, 2.75) is 19.0 Å². The summed E-state index contributed by atoms with van der Waals surface area (Å²) >= 11 is 0. The molecule has 0 bridgehead atoms. The van der Waals surface area contributed by atoms with Crippen molar-refractivity contribution >= 4 is 5.91 Å². The molecule has 0 aromatic carbocycles. The lowest BCUT2D eigenvalue weighted by molar-refractivity contribution is -0.137. The third kappa shape index (κ3) is 4.73. The minimum absolute atomic E-state index is 0.00156. The third-order valence-electron chi connectivity index (χ3n) is 3.54. The number of carbonyl (C=O) groups is 1. The molecule has 0 radical (unpaired) electrons. The summed E-state index contributed by atoms with van der Waals surface area (Å²) in [5.41, 5.74) is 0.515. The number of hydrogen-bond acceptors (Lipinski definition) is 3. The quantitative estimate of drug-likeness (QED) is 0.850. The minimum atomic E-state index is -4.13. The van der Waals surface area contributed by atoms with E-state index in [1.807, 2.05) is 0 Å². The lowest BCUT2D eigenvalue weighted by Gasteiger charge is -2.22. The minimum Gasteiger partial charge on any atom is -0.337 e. The second-order valence-corrected chi connectivity index (χ2v) is 5.26. The third-order valence-corrected chi connectivity index (χ3v) is 3.54. The zero-order valence-corrected chi connectivity index (χ0v) is 11.9. The van der Waals surface area contributed by atoms with Crippen LogP contribution in [0.5, 0.6) is 0 Å². The van der Waals surface area contributed by atoms with Crippen LogP contribution in [0.25, 0.3) is 0 Å². The summed E-state index contributed by atoms with van der Waals surface area (Å²) in [6.45, 7) is 2.08. The van der Waals surface area contributed by atoms with Gasteiger partial charge in [0.15, 0.2) is 0 Å². The molecule has 0 saturated carbocycles. The Morgan fingerprint density at radius 1 is 1.29 bits per heavy atom. The molecule has 1 amide bonds. The van der Waals surface area contributed by atoms with Gasteiger partial charge in [0.05, 0.1) is 18.2 Å². The van der Waals surface area contributed by atoms with E-state index < -0.39 is 12.6 Å². The second-order valence-electron chi connectivity index (χ2n) is 5.26. The summed E-state index contributed by atoms with van der Waals surface area (Å²) in [5.74, 6) is -0.110. The van der Waals surface area contributed by atoms with Gasteiger partial charge in [0.1, 0.15) is 0 Å². The molecule has 1 fully saturated rings. The number of hydrogen-bond donors (Lipinski definition) is 0. The molecule has 118 valence electrons. The molecule has 0 unspecified atom stereocenters. The van der Waals surface area contributed by atoms with Crippen LogP contribution in [0, 0.1) is 0 Å². The van der Waals surface area contributed by atoms with Gasteiger partial charge in [-0.15, -0.1) is 0 Å². The maximum absolute atomic E-state index is 12.3. The van der Waals surface area contributed by atoms with Crippen molar-refractivity contribution in [1.29, 1.82) is 0 Å². The summed E-state index contributed by atoms with van der Waals surface area (Å²) in [4.78, 5) is 15.7. The Labute approximate surface area is 121 Å². The Morgan fingerprint density at radius 3 is 2.67 bits per heavy atom. The lowest BCUT2D eigenvalue weighted by Crippen LogP contribution is -2.36. The van der Waals surface area contributed by atoms with Gasteiger partial charge in [0.25, 0.3) is 5.91 Å². The van der Waals surface area contributed by atoms with Gasteiger partial charge in [-0.2, -0.15) is 18.3 Å². The number of aryl methyl sites for hydroxylation is 1. The Balaban J connectivity index is 1.87. The number of carbonyl (C=O) groups excluding carboxylic acids is 1. The summed E-state index contributed by atoms with van der Waals surface area (Å²) in [7, 11) is 1.73. The summed E-state index contributed by atoms with van der Waals surface area (Å²) in [6.07, 6.45) is -1.09. The van der Waals surface area contributed by atoms with E-state index in [0.29, 0.717) is 38.2 Å². The largest absolute Gasteiger partial charge is 0.390 e. The molecule has 1 aromatic rings. The number of alkyl halides is 3. The van der Waals surface area contributed by atoms with Crippen LogP contribution in [0.3, 0.4) is 0 Å². The molecular weight excluding hydrogens is 285 g/mol. The molecule has 1 saturated heterocycles. The first-order valence-corrected chi connectivity index (χ1v) is 6.92. The Morgan fingerprint density at radius 2 is 2.05 bits per heavy atom. The average Bonchev–Trinajstić information content (AvgIpc) is 2.70. The monoisotopic (exact) mass is 304 g/mol. The summed E-state index contributed by atoms with van der Waals surface area (Å²) in [6, 6.07) is 0. The van der Waals surface area contributed by atoms with Crippen LogP contribution in [-0.2, 0) is 7.05 Å². The normalized spacial score (nSPS) is 17.8. The molecule has 1 aromatic heterocycles. The predicted octanol–water partition coefficient (Wildman–Crippen LogP) is 1.52. The fraction of sp³-hybridized carbons (Fsp3) is 0.692. The van der Waals surface area contributed by atoms with E-state index >= 15 is 0 Å². The van der Waals surface area contributed by atoms with Gasteiger partial charge in [0.2, 0.25) is 0 Å². The molecule has 21 heavy (non-hydrogen) atoms. The molecule has 1 aliphatic heterocycles. The molecule has 0 atom stereocenters. The van der Waals surface area contributed by atoms with E-state index in [4.69, 9.17) is 0 Å². The van der Waals surface area contributed by atoms with E-state index in [2.05, 4.69) is 5.10 Å². The number of nitrogens with zero attached hydrogens (tertiary/aromatic N) is 4. The zero-order chi connectivity index (χ0) is 15.5. The van der Waals surface area contributed by atoms with Crippen LogP contribution in [0.2, 0.25) is 0 Å². The van der Waals surface area contributed by atoms with Crippen molar-refractivity contribution in [2.24, 2.45) is 7.05 Å². The lowest BCUT2D eigenvalue weighted by atomic mass is 10.3. The van der Waals surface area contributed by atoms with Gasteiger partial charge in [-0.05, 0) is 13.0 Å². The number of rotatable bonds is 3. The molecule has 1 aliphatic rings. The first kappa shape index (κ1) is 15.8. The summed E-state index contributed by atoms with van der Waals surface area (Å²) < 4.78 is 38.3. The Bertz CT molecular complexity index is 486. The van der Waals surface area contributed by atoms with Gasteiger partial charge in [0, 0.05) is 39.4 Å². The zero-order valence-electron chi connectivity index (χ0n) is 11.9. The molecule has 2 heterocycles. The van der Waals surface area contributed by atoms with E-state index in [0.717, 1.165) is 0 Å². The van der Waals surface area contributed by atoms with Crippen molar-refractivity contribution in [3.8, 4) is 0 Å². The highest BCUT2D eigenvalue weighted by molar-refractivity contribution is 5.93. The van der Waals surface area contributed by atoms with Crippen molar-refractivity contribution in [1.82, 2.24) is 19.6 Å². The first-order chi connectivity index (χ1) is 9.85. The van der Waals surface area contributed by atoms with Gasteiger partial charge in [-0.25, -0.2) is 0 Å². The van der Waals surface area contributed by atoms with Crippen LogP contribution in [0.4, 0.5) is 13.2 Å². The smallest absolute Gasteiger partial charge is 0.337 e. The van der Waals surface area contributed by atoms with Crippen molar-refractivity contribution in [2.75, 3.05) is 32.7 Å². The highest BCUT2D eigenvalue weighted by Crippen LogP contribution is 2.20. The predicted molar refractivity (Wildman–Crippen MR) is 70.8 cm³/mol. The maximum atomic E-state index is 12.3. The van der Waals surface area contributed by atoms with Crippen molar-refractivity contribution in [3.05, 3.63) is 18.0 Å². The SMILES string of the molecule is Cn1cc(C(=O)N2CCCN(CCC(F)(F)F)CC2)cn1. The van der Waals surface area contributed by atoms with Crippen LogP contribution < -0.4 is 0 Å². The maximum Gasteiger partial charge on any atom is 0.390 e. The van der Waals surface area contributed by atoms with Crippen LogP contribution in [0.15, 0.2) is 12.4 Å². The molecule has 0 spiro atoms. The molecule has 5 nitrogen and oxygen atoms in total. The van der Waals surface area contributed by atoms with Gasteiger partial charge in [-0.3, -0.25) is 9.48 Å². The molecule has 0 aliphatic carbocycles. The summed E-state index contributed by atoms with van der Waals surface area (Å²) in [5, 5.41) is 3.96. The van der Waals surface area contributed by atoms with E-state index in [-0.39, 0.29) is 12.5 Å². The number of aromatic nitrogens is 2. The van der Waals surface area contributed by atoms with Gasteiger partial charge >= 0.3 is 6.18 Å². The number of halogens is 3. The fourth-order valence-corrected chi connectivity index (χ4v) is 2.40. The van der Waals surface area contributed by atoms with Crippen molar-refractivity contribution < 1.29 is 18.0 Å². The average molecular weight is 304 g/mol. The Hall–Kier alpha value is -1.57. The topological polar surface area (TPSA) is 41.4 Å². The van der Waals surface area contributed by atoms with E-state index in [1.165, 1.54) is 6.20 Å². The van der Waals surface area contributed by atoms with Crippen molar-refractivity contribution in [3.63, 3.8) is 0 Å². The van der Waals surface area contributed by atoms with Gasteiger partial charge < -0.3 is 9.80 Å². The van der Waals surface area contributed by atoms with Crippen LogP contribution in [-0.4, -0.2) is 64.4 Å². The van der Waals surface area contributed by atoms with Gasteiger partial charge in [-0.1, -0.05) is 0 Å². The first-order valence-electron chi connectivity index (χ1n) is 6.92. The molecular formula is C13H19F3N4O. The van der Waals surface area contributed by atoms with Crippen LogP contribution >= 0.6 is 0 Å². The highest BCUT2D eigenvalue weighted by atomic mass is 19.4. The highest BCUT2D eigenvalue weighted by Gasteiger charge is 2.28. The van der Waals surface area contributed by atoms with Crippen LogP contribution in [0.1, 0.15) is 23.2 Å². The van der Waals surface area contributed by atoms with E-state index in [1.54, 1.807) is 27.7 Å². The number of amides is 1. The molecule has 0 N–H and O–H groups in total. The fourth-order valence-electron chi connectivity index (χ4n) is 2.40.